The number of likely N-dealkylation sites (N-methyl/N-ethyl adjacent to an activating group) is 1. The number of aromatic nitrogens is 2. The van der Waals surface area contributed by atoms with Gasteiger partial charge in [0.05, 0.1) is 0 Å². The third-order valence-corrected chi connectivity index (χ3v) is 3.83. The van der Waals surface area contributed by atoms with E-state index in [1.165, 1.54) is 18.0 Å². The Bertz CT molecular complexity index is 520. The van der Waals surface area contributed by atoms with Gasteiger partial charge in [-0.2, -0.15) is 0 Å². The van der Waals surface area contributed by atoms with E-state index < -0.39 is 0 Å². The van der Waals surface area contributed by atoms with Crippen molar-refractivity contribution in [3.05, 3.63) is 22.1 Å². The maximum Gasteiger partial charge on any atom is 0.267 e. The molecule has 2 N–H and O–H groups in total. The molecule has 0 bridgehead atoms. The molecule has 1 atom stereocenters. The molecule has 1 aliphatic rings. The summed E-state index contributed by atoms with van der Waals surface area (Å²) in [5, 5.41) is 6.43. The second-order valence-electron chi connectivity index (χ2n) is 4.16. The van der Waals surface area contributed by atoms with Gasteiger partial charge in [-0.15, -0.1) is 12.4 Å². The molecule has 1 aliphatic heterocycles. The van der Waals surface area contributed by atoms with Crippen molar-refractivity contribution in [3.63, 3.8) is 0 Å². The van der Waals surface area contributed by atoms with Crippen LogP contribution in [-0.2, 0) is 6.54 Å². The van der Waals surface area contributed by atoms with E-state index >= 15 is 0 Å². The maximum absolute atomic E-state index is 12.0. The molecule has 0 fully saturated rings. The summed E-state index contributed by atoms with van der Waals surface area (Å²) in [5.74, 6) is 0.478. The summed E-state index contributed by atoms with van der Waals surface area (Å²) in [6, 6.07) is 0.162. The minimum Gasteiger partial charge on any atom is -0.350 e. The zero-order valence-electron chi connectivity index (χ0n) is 10.8. The Balaban J connectivity index is 0.00000180. The summed E-state index contributed by atoms with van der Waals surface area (Å²) >= 11 is 1.53. The van der Waals surface area contributed by atoms with E-state index in [0.29, 0.717) is 18.2 Å². The first-order valence-corrected chi connectivity index (χ1v) is 6.80. The van der Waals surface area contributed by atoms with E-state index in [1.807, 2.05) is 14.0 Å². The highest BCUT2D eigenvalue weighted by Crippen LogP contribution is 2.20. The van der Waals surface area contributed by atoms with E-state index in [-0.39, 0.29) is 35.5 Å². The summed E-state index contributed by atoms with van der Waals surface area (Å²) in [6.07, 6.45) is 1.37. The lowest BCUT2D eigenvalue weighted by Gasteiger charge is -2.11. The fourth-order valence-corrected chi connectivity index (χ4v) is 2.53. The summed E-state index contributed by atoms with van der Waals surface area (Å²) in [5.41, 5.74) is -0.135. The van der Waals surface area contributed by atoms with Gasteiger partial charge >= 0.3 is 0 Å². The van der Waals surface area contributed by atoms with Crippen LogP contribution >= 0.6 is 24.2 Å². The van der Waals surface area contributed by atoms with Gasteiger partial charge in [-0.3, -0.25) is 14.2 Å². The van der Waals surface area contributed by atoms with E-state index in [2.05, 4.69) is 15.6 Å². The van der Waals surface area contributed by atoms with Gasteiger partial charge in [-0.05, 0) is 14.0 Å². The van der Waals surface area contributed by atoms with Crippen LogP contribution in [0.2, 0.25) is 0 Å². The van der Waals surface area contributed by atoms with E-state index in [0.717, 1.165) is 5.75 Å². The van der Waals surface area contributed by atoms with Crippen molar-refractivity contribution < 1.29 is 4.79 Å². The molecular formula is C11H17ClN4O2S. The Labute approximate surface area is 121 Å². The predicted octanol–water partition coefficient (Wildman–Crippen LogP) is 0.109. The first-order valence-electron chi connectivity index (χ1n) is 5.81. The first kappa shape index (κ1) is 16.0. The van der Waals surface area contributed by atoms with Crippen molar-refractivity contribution in [1.82, 2.24) is 20.2 Å². The third kappa shape index (κ3) is 3.49. The van der Waals surface area contributed by atoms with Crippen LogP contribution < -0.4 is 16.2 Å². The number of carbonyl (C=O) groups excluding carboxylic acids is 1. The fourth-order valence-electron chi connectivity index (χ4n) is 1.62. The maximum atomic E-state index is 12.0. The Morgan fingerprint density at radius 3 is 3.05 bits per heavy atom. The molecule has 1 amide bonds. The molecule has 0 spiro atoms. The Kier molecular flexibility index (Phi) is 5.84. The highest BCUT2D eigenvalue weighted by molar-refractivity contribution is 7.99. The topological polar surface area (TPSA) is 76.0 Å². The van der Waals surface area contributed by atoms with Crippen LogP contribution in [0.4, 0.5) is 0 Å². The van der Waals surface area contributed by atoms with Crippen LogP contribution in [0.15, 0.2) is 16.1 Å². The number of hydrogen-bond donors (Lipinski definition) is 2. The Hall–Kier alpha value is -1.05. The van der Waals surface area contributed by atoms with Gasteiger partial charge in [0.2, 0.25) is 0 Å². The van der Waals surface area contributed by atoms with Gasteiger partial charge in [0.1, 0.15) is 5.56 Å². The summed E-state index contributed by atoms with van der Waals surface area (Å²) in [6.45, 7) is 3.05. The molecule has 1 aromatic rings. The van der Waals surface area contributed by atoms with Gasteiger partial charge < -0.3 is 10.6 Å². The zero-order valence-corrected chi connectivity index (χ0v) is 12.4. The second-order valence-corrected chi connectivity index (χ2v) is 5.22. The Morgan fingerprint density at radius 2 is 2.37 bits per heavy atom. The average molecular weight is 305 g/mol. The summed E-state index contributed by atoms with van der Waals surface area (Å²) in [4.78, 5) is 28.1. The minimum absolute atomic E-state index is 0. The van der Waals surface area contributed by atoms with Crippen molar-refractivity contribution in [1.29, 1.82) is 0 Å². The molecule has 8 heteroatoms. The van der Waals surface area contributed by atoms with Gasteiger partial charge in [0.15, 0.2) is 5.16 Å². The summed E-state index contributed by atoms with van der Waals surface area (Å²) < 4.78 is 1.56. The van der Waals surface area contributed by atoms with E-state index in [9.17, 15) is 9.59 Å². The van der Waals surface area contributed by atoms with Gasteiger partial charge in [0.25, 0.3) is 11.5 Å². The SMILES string of the molecule is CNC(C)CNC(=O)c1cnc2n(c1=O)CCS2.Cl. The van der Waals surface area contributed by atoms with Crippen molar-refractivity contribution in [2.24, 2.45) is 0 Å². The lowest BCUT2D eigenvalue weighted by Crippen LogP contribution is -2.40. The smallest absolute Gasteiger partial charge is 0.267 e. The molecule has 19 heavy (non-hydrogen) atoms. The largest absolute Gasteiger partial charge is 0.350 e. The Morgan fingerprint density at radius 1 is 1.63 bits per heavy atom. The molecule has 0 saturated heterocycles. The molecule has 6 nitrogen and oxygen atoms in total. The van der Waals surface area contributed by atoms with Crippen molar-refractivity contribution in [2.45, 2.75) is 24.7 Å². The van der Waals surface area contributed by atoms with Gasteiger partial charge in [0, 0.05) is 31.1 Å². The number of nitrogens with zero attached hydrogens (tertiary/aromatic N) is 2. The lowest BCUT2D eigenvalue weighted by atomic mass is 10.3. The molecule has 0 radical (unpaired) electrons. The van der Waals surface area contributed by atoms with Crippen molar-refractivity contribution in [2.75, 3.05) is 19.3 Å². The lowest BCUT2D eigenvalue weighted by molar-refractivity contribution is 0.0947. The molecular weight excluding hydrogens is 288 g/mol. The number of halogens is 1. The predicted molar refractivity (Wildman–Crippen MR) is 77.3 cm³/mol. The van der Waals surface area contributed by atoms with Crippen molar-refractivity contribution >= 4 is 30.1 Å². The molecule has 0 aliphatic carbocycles. The van der Waals surface area contributed by atoms with Gasteiger partial charge in [-0.25, -0.2) is 4.98 Å². The van der Waals surface area contributed by atoms with Crippen LogP contribution in [0.3, 0.4) is 0 Å². The number of rotatable bonds is 4. The van der Waals surface area contributed by atoms with E-state index in [4.69, 9.17) is 0 Å². The van der Waals surface area contributed by atoms with Crippen LogP contribution in [0.5, 0.6) is 0 Å². The number of amides is 1. The average Bonchev–Trinajstić information content (AvgIpc) is 2.85. The molecule has 0 aromatic carbocycles. The van der Waals surface area contributed by atoms with Crippen LogP contribution in [0, 0.1) is 0 Å². The minimum atomic E-state index is -0.359. The quantitative estimate of drug-likeness (QED) is 0.772. The normalized spacial score (nSPS) is 14.4. The molecule has 0 saturated carbocycles. The number of carbonyl (C=O) groups is 1. The zero-order chi connectivity index (χ0) is 13.1. The molecule has 1 aromatic heterocycles. The molecule has 106 valence electrons. The molecule has 1 unspecified atom stereocenters. The first-order chi connectivity index (χ1) is 8.63. The monoisotopic (exact) mass is 304 g/mol. The third-order valence-electron chi connectivity index (χ3n) is 2.86. The number of hydrogen-bond acceptors (Lipinski definition) is 5. The second kappa shape index (κ2) is 6.93. The van der Waals surface area contributed by atoms with Crippen LogP contribution in [0.25, 0.3) is 0 Å². The standard InChI is InChI=1S/C11H16N4O2S.ClH/c1-7(12-2)5-13-9(16)8-6-14-11-15(10(8)17)3-4-18-11;/h6-7,12H,3-5H2,1-2H3,(H,13,16);1H. The number of thioether (sulfide) groups is 1. The highest BCUT2D eigenvalue weighted by Gasteiger charge is 2.19. The van der Waals surface area contributed by atoms with Crippen LogP contribution in [-0.4, -0.2) is 40.8 Å². The number of fused-ring (bicyclic) bond motifs is 1. The van der Waals surface area contributed by atoms with Crippen LogP contribution in [0.1, 0.15) is 17.3 Å². The van der Waals surface area contributed by atoms with Crippen molar-refractivity contribution in [3.8, 4) is 0 Å². The molecule has 2 heterocycles. The van der Waals surface area contributed by atoms with E-state index in [1.54, 1.807) is 4.57 Å². The van der Waals surface area contributed by atoms with Gasteiger partial charge in [-0.1, -0.05) is 11.8 Å². The number of nitrogens with one attached hydrogen (secondary N) is 2. The summed E-state index contributed by atoms with van der Waals surface area (Å²) in [7, 11) is 1.82. The highest BCUT2D eigenvalue weighted by atomic mass is 35.5. The fraction of sp³-hybridized carbons (Fsp3) is 0.545. The molecule has 2 rings (SSSR count).